The number of hydrogen-bond donors (Lipinski definition) is 1. The topological polar surface area (TPSA) is 30.5 Å². The first-order valence-electron chi connectivity index (χ1n) is 7.22. The first-order chi connectivity index (χ1) is 8.29. The van der Waals surface area contributed by atoms with Gasteiger partial charge in [-0.25, -0.2) is 0 Å². The molecule has 17 heavy (non-hydrogen) atoms. The van der Waals surface area contributed by atoms with Gasteiger partial charge in [0.15, 0.2) is 0 Å². The Kier molecular flexibility index (Phi) is 8.67. The van der Waals surface area contributed by atoms with E-state index in [2.05, 4.69) is 19.2 Å². The Morgan fingerprint density at radius 2 is 1.76 bits per heavy atom. The lowest BCUT2D eigenvalue weighted by molar-refractivity contribution is 0.0186. The van der Waals surface area contributed by atoms with Crippen molar-refractivity contribution in [2.45, 2.75) is 64.5 Å². The minimum absolute atomic E-state index is 0.317. The van der Waals surface area contributed by atoms with Crippen LogP contribution in [0.15, 0.2) is 0 Å². The number of rotatable bonds is 12. The molecule has 1 rings (SSSR count). The van der Waals surface area contributed by atoms with Gasteiger partial charge in [-0.05, 0) is 46.1 Å². The van der Waals surface area contributed by atoms with Crippen molar-refractivity contribution >= 4 is 0 Å². The van der Waals surface area contributed by atoms with Gasteiger partial charge >= 0.3 is 0 Å². The van der Waals surface area contributed by atoms with Crippen molar-refractivity contribution in [3.63, 3.8) is 0 Å². The summed E-state index contributed by atoms with van der Waals surface area (Å²) in [6.45, 7) is 7.65. The van der Waals surface area contributed by atoms with Gasteiger partial charge in [-0.2, -0.15) is 0 Å². The fourth-order valence-electron chi connectivity index (χ4n) is 1.72. The predicted octanol–water partition coefficient (Wildman–Crippen LogP) is 2.74. The van der Waals surface area contributed by atoms with Crippen molar-refractivity contribution in [3.05, 3.63) is 0 Å². The lowest BCUT2D eigenvalue weighted by Crippen LogP contribution is -2.17. The van der Waals surface area contributed by atoms with Gasteiger partial charge in [0.1, 0.15) is 0 Å². The fraction of sp³-hybridized carbons (Fsp3) is 1.00. The summed E-state index contributed by atoms with van der Waals surface area (Å²) in [5.41, 5.74) is 0. The summed E-state index contributed by atoms with van der Waals surface area (Å²) in [7, 11) is 0. The van der Waals surface area contributed by atoms with Gasteiger partial charge in [-0.15, -0.1) is 0 Å². The quantitative estimate of drug-likeness (QED) is 0.535. The average Bonchev–Trinajstić information content (AvgIpc) is 3.09. The molecule has 3 nitrogen and oxygen atoms in total. The van der Waals surface area contributed by atoms with E-state index in [1.54, 1.807) is 0 Å². The number of hydrogen-bond acceptors (Lipinski definition) is 3. The molecular formula is C14H29NO2. The van der Waals surface area contributed by atoms with Crippen LogP contribution in [0.4, 0.5) is 0 Å². The molecule has 1 fully saturated rings. The molecule has 3 heteroatoms. The molecule has 1 aliphatic rings. The van der Waals surface area contributed by atoms with Crippen LogP contribution in [0, 0.1) is 0 Å². The van der Waals surface area contributed by atoms with Gasteiger partial charge in [0.2, 0.25) is 0 Å². The Balaban J connectivity index is 1.63. The van der Waals surface area contributed by atoms with Crippen molar-refractivity contribution < 1.29 is 9.47 Å². The van der Waals surface area contributed by atoms with Gasteiger partial charge in [0.05, 0.1) is 19.3 Å². The van der Waals surface area contributed by atoms with Gasteiger partial charge < -0.3 is 14.8 Å². The van der Waals surface area contributed by atoms with Crippen molar-refractivity contribution in [1.82, 2.24) is 5.32 Å². The van der Waals surface area contributed by atoms with Crippen molar-refractivity contribution in [1.29, 1.82) is 0 Å². The molecule has 0 radical (unpaired) electrons. The van der Waals surface area contributed by atoms with Gasteiger partial charge in [0, 0.05) is 12.6 Å². The van der Waals surface area contributed by atoms with Crippen LogP contribution < -0.4 is 5.32 Å². The summed E-state index contributed by atoms with van der Waals surface area (Å²) in [6.07, 6.45) is 8.22. The highest BCUT2D eigenvalue weighted by atomic mass is 16.5. The van der Waals surface area contributed by atoms with Gasteiger partial charge in [-0.1, -0.05) is 12.8 Å². The van der Waals surface area contributed by atoms with E-state index in [0.717, 1.165) is 25.9 Å². The second-order valence-electron chi connectivity index (χ2n) is 5.17. The lowest BCUT2D eigenvalue weighted by Gasteiger charge is -2.08. The minimum atomic E-state index is 0.317. The predicted molar refractivity (Wildman–Crippen MR) is 71.4 cm³/mol. The first kappa shape index (κ1) is 14.9. The molecule has 102 valence electrons. The van der Waals surface area contributed by atoms with E-state index in [4.69, 9.17) is 9.47 Å². The Morgan fingerprint density at radius 3 is 2.47 bits per heavy atom. The van der Waals surface area contributed by atoms with Crippen molar-refractivity contribution in [2.24, 2.45) is 0 Å². The molecule has 0 heterocycles. The van der Waals surface area contributed by atoms with Gasteiger partial charge in [-0.3, -0.25) is 0 Å². The average molecular weight is 243 g/mol. The Hall–Kier alpha value is -0.120. The highest BCUT2D eigenvalue weighted by Gasteiger charge is 2.19. The molecule has 0 aliphatic heterocycles. The van der Waals surface area contributed by atoms with Crippen LogP contribution >= 0.6 is 0 Å². The standard InChI is InChI=1S/C14H29NO2/c1-13(2)17-12-11-16-10-6-4-3-5-9-15-14-7-8-14/h13-15H,3-12H2,1-2H3. The second-order valence-corrected chi connectivity index (χ2v) is 5.17. The molecule has 0 aromatic carbocycles. The number of unbranched alkanes of at least 4 members (excludes halogenated alkanes) is 3. The van der Waals surface area contributed by atoms with E-state index in [-0.39, 0.29) is 0 Å². The maximum atomic E-state index is 5.50. The molecule has 0 bridgehead atoms. The van der Waals surface area contributed by atoms with E-state index < -0.39 is 0 Å². The third-order valence-electron chi connectivity index (χ3n) is 2.90. The molecule has 0 unspecified atom stereocenters. The molecule has 1 aliphatic carbocycles. The van der Waals surface area contributed by atoms with Crippen molar-refractivity contribution in [3.8, 4) is 0 Å². The Bertz CT molecular complexity index is 160. The molecular weight excluding hydrogens is 214 g/mol. The monoisotopic (exact) mass is 243 g/mol. The highest BCUT2D eigenvalue weighted by Crippen LogP contribution is 2.18. The molecule has 0 aromatic rings. The molecule has 1 saturated carbocycles. The summed E-state index contributed by atoms with van der Waals surface area (Å²) in [5.74, 6) is 0. The Labute approximate surface area is 106 Å². The van der Waals surface area contributed by atoms with Crippen LogP contribution in [-0.4, -0.2) is 38.5 Å². The minimum Gasteiger partial charge on any atom is -0.379 e. The van der Waals surface area contributed by atoms with Crippen LogP contribution in [0.25, 0.3) is 0 Å². The third-order valence-corrected chi connectivity index (χ3v) is 2.90. The van der Waals surface area contributed by atoms with Crippen LogP contribution in [-0.2, 0) is 9.47 Å². The smallest absolute Gasteiger partial charge is 0.0703 e. The largest absolute Gasteiger partial charge is 0.379 e. The maximum absolute atomic E-state index is 5.50. The summed E-state index contributed by atoms with van der Waals surface area (Å²) in [6, 6.07) is 0.860. The molecule has 0 saturated heterocycles. The van der Waals surface area contributed by atoms with Crippen LogP contribution in [0.5, 0.6) is 0 Å². The fourth-order valence-corrected chi connectivity index (χ4v) is 1.72. The molecule has 0 spiro atoms. The summed E-state index contributed by atoms with van der Waals surface area (Å²) < 4.78 is 10.9. The summed E-state index contributed by atoms with van der Waals surface area (Å²) in [4.78, 5) is 0. The lowest BCUT2D eigenvalue weighted by atomic mass is 10.2. The highest BCUT2D eigenvalue weighted by molar-refractivity contribution is 4.80. The summed E-state index contributed by atoms with van der Waals surface area (Å²) in [5, 5.41) is 3.54. The first-order valence-corrected chi connectivity index (χ1v) is 7.22. The Morgan fingerprint density at radius 1 is 1.00 bits per heavy atom. The zero-order chi connectivity index (χ0) is 12.3. The van der Waals surface area contributed by atoms with Crippen LogP contribution in [0.2, 0.25) is 0 Å². The van der Waals surface area contributed by atoms with Crippen LogP contribution in [0.3, 0.4) is 0 Å². The van der Waals surface area contributed by atoms with E-state index in [1.165, 1.54) is 45.1 Å². The summed E-state index contributed by atoms with van der Waals surface area (Å²) >= 11 is 0. The zero-order valence-corrected chi connectivity index (χ0v) is 11.5. The third kappa shape index (κ3) is 10.7. The van der Waals surface area contributed by atoms with E-state index >= 15 is 0 Å². The van der Waals surface area contributed by atoms with E-state index in [1.807, 2.05) is 0 Å². The number of nitrogens with one attached hydrogen (secondary N) is 1. The molecule has 0 aromatic heterocycles. The van der Waals surface area contributed by atoms with Crippen molar-refractivity contribution in [2.75, 3.05) is 26.4 Å². The number of ether oxygens (including phenoxy) is 2. The SMILES string of the molecule is CC(C)OCCOCCCCCCNC1CC1. The molecule has 0 amide bonds. The zero-order valence-electron chi connectivity index (χ0n) is 11.5. The van der Waals surface area contributed by atoms with Gasteiger partial charge in [0.25, 0.3) is 0 Å². The molecule has 0 atom stereocenters. The van der Waals surface area contributed by atoms with Crippen LogP contribution in [0.1, 0.15) is 52.4 Å². The second kappa shape index (κ2) is 9.86. The molecule has 1 N–H and O–H groups in total. The normalized spacial score (nSPS) is 15.7. The van der Waals surface area contributed by atoms with E-state index in [9.17, 15) is 0 Å². The maximum Gasteiger partial charge on any atom is 0.0703 e. The van der Waals surface area contributed by atoms with E-state index in [0.29, 0.717) is 6.10 Å².